The lowest BCUT2D eigenvalue weighted by Gasteiger charge is -2.28. The zero-order valence-electron chi connectivity index (χ0n) is 13.0. The molecule has 1 rings (SSSR count). The van der Waals surface area contributed by atoms with Crippen molar-refractivity contribution >= 4 is 8.07 Å². The fraction of sp³-hybridized carbons (Fsp3) is 0.562. The standard InChI is InChI=1S/C16H23F4Si/c1-5-21(6-2,7-3)10-8-9-12-15(19)13(17)11(4)14(18)16(12)20/h4-10H2,1-3H3. The summed E-state index contributed by atoms with van der Waals surface area (Å²) in [6, 6.07) is 4.27. The maximum Gasteiger partial charge on any atom is 0.165 e. The molecule has 21 heavy (non-hydrogen) atoms. The van der Waals surface area contributed by atoms with Gasteiger partial charge in [0, 0.05) is 11.1 Å². The van der Waals surface area contributed by atoms with Gasteiger partial charge in [0.2, 0.25) is 0 Å². The molecule has 0 unspecified atom stereocenters. The van der Waals surface area contributed by atoms with Gasteiger partial charge < -0.3 is 0 Å². The molecule has 119 valence electrons. The van der Waals surface area contributed by atoms with E-state index in [0.29, 0.717) is 6.42 Å². The third kappa shape index (κ3) is 3.68. The SMILES string of the molecule is [CH2]c1c(F)c(F)c(CCC[Si](CC)(CC)CC)c(F)c1F. The summed E-state index contributed by atoms with van der Waals surface area (Å²) < 4.78 is 54.4. The highest BCUT2D eigenvalue weighted by atomic mass is 28.3. The topological polar surface area (TPSA) is 0 Å². The number of halogens is 4. The lowest BCUT2D eigenvalue weighted by molar-refractivity contribution is 0.433. The first-order valence-corrected chi connectivity index (χ1v) is 10.3. The summed E-state index contributed by atoms with van der Waals surface area (Å²) in [6.07, 6.45) is 0.589. The van der Waals surface area contributed by atoms with Crippen molar-refractivity contribution in [3.63, 3.8) is 0 Å². The largest absolute Gasteiger partial charge is 0.203 e. The molecular formula is C16H23F4Si. The van der Waals surface area contributed by atoms with Gasteiger partial charge in [-0.2, -0.15) is 0 Å². The predicted octanol–water partition coefficient (Wildman–Crippen LogP) is 5.87. The molecular weight excluding hydrogens is 296 g/mol. The van der Waals surface area contributed by atoms with Crippen LogP contribution in [0.2, 0.25) is 24.2 Å². The smallest absolute Gasteiger partial charge is 0.165 e. The Morgan fingerprint density at radius 2 is 1.24 bits per heavy atom. The summed E-state index contributed by atoms with van der Waals surface area (Å²) in [5, 5.41) is 0. The first-order valence-electron chi connectivity index (χ1n) is 7.50. The Morgan fingerprint density at radius 3 is 1.62 bits per heavy atom. The Hall–Kier alpha value is -0.843. The Kier molecular flexibility index (Phi) is 6.44. The minimum atomic E-state index is -1.39. The summed E-state index contributed by atoms with van der Waals surface area (Å²) in [5.74, 6) is -5.35. The van der Waals surface area contributed by atoms with E-state index >= 15 is 0 Å². The summed E-state index contributed by atoms with van der Waals surface area (Å²) in [4.78, 5) is 0. The minimum Gasteiger partial charge on any atom is -0.203 e. The van der Waals surface area contributed by atoms with Gasteiger partial charge in [0.1, 0.15) is 0 Å². The molecule has 0 saturated carbocycles. The normalized spacial score (nSPS) is 12.0. The summed E-state index contributed by atoms with van der Waals surface area (Å²) >= 11 is 0. The molecule has 1 aromatic carbocycles. The van der Waals surface area contributed by atoms with Gasteiger partial charge >= 0.3 is 0 Å². The molecule has 0 aliphatic rings. The average Bonchev–Trinajstić information content (AvgIpc) is 2.51. The highest BCUT2D eigenvalue weighted by molar-refractivity contribution is 6.79. The zero-order valence-corrected chi connectivity index (χ0v) is 14.0. The van der Waals surface area contributed by atoms with Crippen molar-refractivity contribution in [3.05, 3.63) is 41.3 Å². The predicted molar refractivity (Wildman–Crippen MR) is 81.1 cm³/mol. The fourth-order valence-corrected chi connectivity index (χ4v) is 6.35. The summed E-state index contributed by atoms with van der Waals surface area (Å²) in [6.45, 7) is 9.47. The van der Waals surface area contributed by atoms with Gasteiger partial charge in [-0.15, -0.1) is 0 Å². The van der Waals surface area contributed by atoms with E-state index in [4.69, 9.17) is 0 Å². The lowest BCUT2D eigenvalue weighted by atomic mass is 10.0. The van der Waals surface area contributed by atoms with Crippen LogP contribution in [0.5, 0.6) is 0 Å². The van der Waals surface area contributed by atoms with E-state index in [1.165, 1.54) is 0 Å². The van der Waals surface area contributed by atoms with Crippen molar-refractivity contribution in [2.75, 3.05) is 0 Å². The van der Waals surface area contributed by atoms with Gasteiger partial charge in [-0.25, -0.2) is 17.6 Å². The lowest BCUT2D eigenvalue weighted by Crippen LogP contribution is -2.31. The second kappa shape index (κ2) is 7.43. The third-order valence-electron chi connectivity index (χ3n) is 4.83. The fourth-order valence-electron chi connectivity index (χ4n) is 2.86. The molecule has 0 amide bonds. The zero-order chi connectivity index (χ0) is 16.2. The van der Waals surface area contributed by atoms with Gasteiger partial charge in [0.05, 0.1) is 8.07 Å². The van der Waals surface area contributed by atoms with Crippen LogP contribution in [0.1, 0.15) is 38.3 Å². The molecule has 0 aromatic heterocycles. The van der Waals surface area contributed by atoms with Crippen LogP contribution >= 0.6 is 0 Å². The molecule has 0 aliphatic carbocycles. The van der Waals surface area contributed by atoms with E-state index in [1.807, 2.05) is 0 Å². The van der Waals surface area contributed by atoms with Crippen LogP contribution in [0, 0.1) is 30.2 Å². The molecule has 1 radical (unpaired) electrons. The first kappa shape index (κ1) is 18.2. The van der Waals surface area contributed by atoms with Gasteiger partial charge in [0.15, 0.2) is 23.3 Å². The van der Waals surface area contributed by atoms with E-state index in [-0.39, 0.29) is 6.42 Å². The van der Waals surface area contributed by atoms with Crippen LogP contribution in [0.3, 0.4) is 0 Å². The van der Waals surface area contributed by atoms with Gasteiger partial charge in [-0.05, 0) is 13.3 Å². The Labute approximate surface area is 125 Å². The van der Waals surface area contributed by atoms with Crippen LogP contribution in [-0.2, 0) is 6.42 Å². The van der Waals surface area contributed by atoms with E-state index in [2.05, 4.69) is 27.7 Å². The molecule has 0 fully saturated rings. The maximum absolute atomic E-state index is 13.8. The number of hydrogen-bond donors (Lipinski definition) is 0. The molecule has 0 atom stereocenters. The summed E-state index contributed by atoms with van der Waals surface area (Å²) in [5.41, 5.74) is -1.32. The van der Waals surface area contributed by atoms with Crippen LogP contribution in [0.15, 0.2) is 0 Å². The van der Waals surface area contributed by atoms with E-state index in [9.17, 15) is 17.6 Å². The van der Waals surface area contributed by atoms with E-state index < -0.39 is 42.5 Å². The van der Waals surface area contributed by atoms with Gasteiger partial charge in [-0.3, -0.25) is 0 Å². The number of hydrogen-bond acceptors (Lipinski definition) is 0. The maximum atomic E-state index is 13.8. The van der Waals surface area contributed by atoms with Crippen molar-refractivity contribution in [3.8, 4) is 0 Å². The van der Waals surface area contributed by atoms with Crippen molar-refractivity contribution in [2.45, 2.75) is 57.8 Å². The Morgan fingerprint density at radius 1 is 0.810 bits per heavy atom. The number of benzene rings is 1. The van der Waals surface area contributed by atoms with Crippen LogP contribution in [-0.4, -0.2) is 8.07 Å². The first-order chi connectivity index (χ1) is 9.83. The molecule has 0 bridgehead atoms. The third-order valence-corrected chi connectivity index (χ3v) is 10.7. The molecule has 0 nitrogen and oxygen atoms in total. The molecule has 0 spiro atoms. The van der Waals surface area contributed by atoms with Gasteiger partial charge in [0.25, 0.3) is 0 Å². The quantitative estimate of drug-likeness (QED) is 0.335. The minimum absolute atomic E-state index is 0.0283. The molecule has 5 heteroatoms. The highest BCUT2D eigenvalue weighted by Gasteiger charge is 2.27. The molecule has 1 aromatic rings. The highest BCUT2D eigenvalue weighted by Crippen LogP contribution is 2.29. The van der Waals surface area contributed by atoms with Crippen molar-refractivity contribution in [1.29, 1.82) is 0 Å². The van der Waals surface area contributed by atoms with E-state index in [1.54, 1.807) is 0 Å². The van der Waals surface area contributed by atoms with Crippen molar-refractivity contribution in [1.82, 2.24) is 0 Å². The second-order valence-electron chi connectivity index (χ2n) is 5.63. The van der Waals surface area contributed by atoms with Crippen LogP contribution in [0.25, 0.3) is 0 Å². The molecule has 0 N–H and O–H groups in total. The average molecular weight is 319 g/mol. The second-order valence-corrected chi connectivity index (χ2v) is 11.2. The Bertz CT molecular complexity index is 458. The molecule has 0 saturated heterocycles. The van der Waals surface area contributed by atoms with Crippen LogP contribution < -0.4 is 0 Å². The van der Waals surface area contributed by atoms with Crippen LogP contribution in [0.4, 0.5) is 17.6 Å². The summed E-state index contributed by atoms with van der Waals surface area (Å²) in [7, 11) is -1.39. The molecule has 0 aliphatic heterocycles. The Balaban J connectivity index is 2.91. The van der Waals surface area contributed by atoms with Crippen molar-refractivity contribution in [2.24, 2.45) is 0 Å². The van der Waals surface area contributed by atoms with Gasteiger partial charge in [-0.1, -0.05) is 51.4 Å². The van der Waals surface area contributed by atoms with Crippen molar-refractivity contribution < 1.29 is 17.6 Å². The van der Waals surface area contributed by atoms with E-state index in [0.717, 1.165) is 24.2 Å². The molecule has 0 heterocycles. The number of rotatable bonds is 7. The monoisotopic (exact) mass is 319 g/mol.